The third kappa shape index (κ3) is 3.72. The van der Waals surface area contributed by atoms with Gasteiger partial charge in [0.25, 0.3) is 5.91 Å². The van der Waals surface area contributed by atoms with Crippen molar-refractivity contribution in [2.75, 3.05) is 19.6 Å². The van der Waals surface area contributed by atoms with Gasteiger partial charge in [-0.1, -0.05) is 0 Å². The number of aromatic amines is 1. The van der Waals surface area contributed by atoms with Gasteiger partial charge >= 0.3 is 0 Å². The maximum atomic E-state index is 12.8. The van der Waals surface area contributed by atoms with Crippen molar-refractivity contribution < 1.29 is 9.59 Å². The minimum Gasteiger partial charge on any atom is -0.339 e. The molecule has 0 bridgehead atoms. The summed E-state index contributed by atoms with van der Waals surface area (Å²) in [6.45, 7) is 4.15. The van der Waals surface area contributed by atoms with Gasteiger partial charge in [0.05, 0.1) is 12.0 Å². The number of pyridine rings is 1. The number of nitrogens with one attached hydrogen (secondary N) is 1. The number of nitrogens with zero attached hydrogens (tertiary/aromatic N) is 4. The zero-order valence-electron chi connectivity index (χ0n) is 15.6. The molecule has 0 aliphatic carbocycles. The molecule has 0 saturated carbocycles. The molecular weight excluding hydrogens is 342 g/mol. The topological polar surface area (TPSA) is 82.2 Å². The minimum atomic E-state index is 0.0468. The smallest absolute Gasteiger partial charge is 0.255 e. The molecule has 0 aromatic carbocycles. The fourth-order valence-corrected chi connectivity index (χ4v) is 4.40. The number of rotatable bonds is 3. The van der Waals surface area contributed by atoms with E-state index in [0.29, 0.717) is 31.0 Å². The van der Waals surface area contributed by atoms with Crippen LogP contribution in [0, 0.1) is 12.8 Å². The van der Waals surface area contributed by atoms with Gasteiger partial charge in [0.1, 0.15) is 0 Å². The monoisotopic (exact) mass is 367 g/mol. The van der Waals surface area contributed by atoms with Gasteiger partial charge < -0.3 is 9.80 Å². The number of carbonyl (C=O) groups is 2. The van der Waals surface area contributed by atoms with E-state index in [4.69, 9.17) is 0 Å². The summed E-state index contributed by atoms with van der Waals surface area (Å²) in [5, 5.41) is 6.79. The lowest BCUT2D eigenvalue weighted by molar-refractivity contribution is -0.137. The average molecular weight is 367 g/mol. The summed E-state index contributed by atoms with van der Waals surface area (Å²) in [4.78, 5) is 33.7. The lowest BCUT2D eigenvalue weighted by Crippen LogP contribution is -2.57. The predicted molar refractivity (Wildman–Crippen MR) is 100 cm³/mol. The third-order valence-corrected chi connectivity index (χ3v) is 5.70. The van der Waals surface area contributed by atoms with Crippen molar-refractivity contribution in [3.05, 3.63) is 47.5 Å². The molecule has 27 heavy (non-hydrogen) atoms. The van der Waals surface area contributed by atoms with Crippen molar-refractivity contribution in [2.24, 2.45) is 5.92 Å². The number of fused-ring (bicyclic) bond motifs is 1. The van der Waals surface area contributed by atoms with Crippen LogP contribution in [0.2, 0.25) is 0 Å². The first-order valence-electron chi connectivity index (χ1n) is 9.60. The van der Waals surface area contributed by atoms with Gasteiger partial charge in [-0.25, -0.2) is 0 Å². The van der Waals surface area contributed by atoms with Crippen LogP contribution in [0.3, 0.4) is 0 Å². The molecule has 2 aromatic rings. The van der Waals surface area contributed by atoms with E-state index in [1.165, 1.54) is 0 Å². The van der Waals surface area contributed by atoms with E-state index in [0.717, 1.165) is 37.1 Å². The summed E-state index contributed by atoms with van der Waals surface area (Å²) in [5.74, 6) is 0.544. The molecule has 4 heterocycles. The first kappa shape index (κ1) is 17.7. The Hall–Kier alpha value is -2.70. The Labute approximate surface area is 158 Å². The molecule has 2 fully saturated rings. The molecule has 0 unspecified atom stereocenters. The molecule has 2 amide bonds. The van der Waals surface area contributed by atoms with Crippen molar-refractivity contribution >= 4 is 11.8 Å². The molecule has 2 atom stereocenters. The van der Waals surface area contributed by atoms with Crippen molar-refractivity contribution in [1.82, 2.24) is 25.0 Å². The number of aromatic nitrogens is 3. The Morgan fingerprint density at radius 3 is 2.93 bits per heavy atom. The summed E-state index contributed by atoms with van der Waals surface area (Å²) in [6.07, 6.45) is 8.32. The van der Waals surface area contributed by atoms with Gasteiger partial charge in [-0.2, -0.15) is 5.10 Å². The van der Waals surface area contributed by atoms with Crippen LogP contribution >= 0.6 is 0 Å². The molecule has 2 saturated heterocycles. The maximum Gasteiger partial charge on any atom is 0.255 e. The Morgan fingerprint density at radius 2 is 2.15 bits per heavy atom. The molecule has 2 aliphatic rings. The summed E-state index contributed by atoms with van der Waals surface area (Å²) in [7, 11) is 0. The van der Waals surface area contributed by atoms with Gasteiger partial charge in [0.2, 0.25) is 5.91 Å². The molecule has 142 valence electrons. The van der Waals surface area contributed by atoms with E-state index < -0.39 is 0 Å². The number of piperidine rings is 2. The Bertz CT molecular complexity index is 820. The highest BCUT2D eigenvalue weighted by Gasteiger charge is 2.39. The third-order valence-electron chi connectivity index (χ3n) is 5.70. The molecule has 0 spiro atoms. The quantitative estimate of drug-likeness (QED) is 0.897. The van der Waals surface area contributed by atoms with E-state index in [2.05, 4.69) is 15.2 Å². The van der Waals surface area contributed by atoms with E-state index in [-0.39, 0.29) is 17.9 Å². The van der Waals surface area contributed by atoms with E-state index in [1.54, 1.807) is 18.6 Å². The van der Waals surface area contributed by atoms with Crippen LogP contribution in [0.5, 0.6) is 0 Å². The van der Waals surface area contributed by atoms with Crippen LogP contribution < -0.4 is 0 Å². The SMILES string of the molecule is Cc1cncc(C(=O)N2CC[C@@H]3[C@@H](CCCN3C(=O)Cc3ccn[nH]3)C2)c1. The highest BCUT2D eigenvalue weighted by atomic mass is 16.2. The van der Waals surface area contributed by atoms with Gasteiger partial charge in [-0.15, -0.1) is 0 Å². The van der Waals surface area contributed by atoms with Crippen molar-refractivity contribution in [3.8, 4) is 0 Å². The number of H-pyrrole nitrogens is 1. The standard InChI is InChI=1S/C20H25N5O2/c1-14-9-16(12-21-11-14)20(27)24-8-5-18-15(13-24)3-2-7-25(18)19(26)10-17-4-6-22-23-17/h4,6,9,11-12,15,18H,2-3,5,7-8,10,13H2,1H3,(H,22,23)/t15-,18+/m0/s1. The first-order valence-corrected chi connectivity index (χ1v) is 9.60. The summed E-state index contributed by atoms with van der Waals surface area (Å²) < 4.78 is 0. The highest BCUT2D eigenvalue weighted by molar-refractivity contribution is 5.94. The number of carbonyl (C=O) groups excluding carboxylic acids is 2. The number of hydrogen-bond donors (Lipinski definition) is 1. The van der Waals surface area contributed by atoms with Gasteiger partial charge in [-0.05, 0) is 49.8 Å². The Kier molecular flexibility index (Phi) is 4.92. The first-order chi connectivity index (χ1) is 13.1. The van der Waals surface area contributed by atoms with Crippen LogP contribution in [-0.2, 0) is 11.2 Å². The van der Waals surface area contributed by atoms with E-state index >= 15 is 0 Å². The largest absolute Gasteiger partial charge is 0.339 e. The molecule has 2 aromatic heterocycles. The second kappa shape index (κ2) is 7.50. The van der Waals surface area contributed by atoms with Gasteiger partial charge in [0, 0.05) is 50.0 Å². The number of likely N-dealkylation sites (tertiary alicyclic amines) is 2. The van der Waals surface area contributed by atoms with Gasteiger partial charge in [0.15, 0.2) is 0 Å². The van der Waals surface area contributed by atoms with E-state index in [9.17, 15) is 9.59 Å². The second-order valence-electron chi connectivity index (χ2n) is 7.61. The Balaban J connectivity index is 1.43. The normalized spacial score (nSPS) is 22.4. The number of aryl methyl sites for hydroxylation is 1. The zero-order valence-corrected chi connectivity index (χ0v) is 15.6. The summed E-state index contributed by atoms with van der Waals surface area (Å²) in [5.41, 5.74) is 2.49. The van der Waals surface area contributed by atoms with Crippen LogP contribution in [0.25, 0.3) is 0 Å². The molecule has 1 N–H and O–H groups in total. The van der Waals surface area contributed by atoms with Crippen LogP contribution in [-0.4, -0.2) is 62.5 Å². The maximum absolute atomic E-state index is 12.8. The molecule has 4 rings (SSSR count). The van der Waals surface area contributed by atoms with Crippen molar-refractivity contribution in [2.45, 2.75) is 38.6 Å². The fourth-order valence-electron chi connectivity index (χ4n) is 4.40. The molecule has 0 radical (unpaired) electrons. The molecule has 2 aliphatic heterocycles. The molecule has 7 nitrogen and oxygen atoms in total. The summed E-state index contributed by atoms with van der Waals surface area (Å²) >= 11 is 0. The van der Waals surface area contributed by atoms with Crippen LogP contribution in [0.15, 0.2) is 30.7 Å². The lowest BCUT2D eigenvalue weighted by Gasteiger charge is -2.47. The number of amides is 2. The van der Waals surface area contributed by atoms with Crippen LogP contribution in [0.1, 0.15) is 40.9 Å². The molecular formula is C20H25N5O2. The van der Waals surface area contributed by atoms with Crippen molar-refractivity contribution in [1.29, 1.82) is 0 Å². The van der Waals surface area contributed by atoms with Gasteiger partial charge in [-0.3, -0.25) is 19.7 Å². The van der Waals surface area contributed by atoms with Crippen LogP contribution in [0.4, 0.5) is 0 Å². The fraction of sp³-hybridized carbons (Fsp3) is 0.500. The molecule has 7 heteroatoms. The lowest BCUT2D eigenvalue weighted by atomic mass is 9.83. The zero-order chi connectivity index (χ0) is 18.8. The Morgan fingerprint density at radius 1 is 1.26 bits per heavy atom. The minimum absolute atomic E-state index is 0.0468. The predicted octanol–water partition coefficient (Wildman–Crippen LogP) is 1.81. The summed E-state index contributed by atoms with van der Waals surface area (Å²) in [6, 6.07) is 3.97. The highest BCUT2D eigenvalue weighted by Crippen LogP contribution is 2.31. The van der Waals surface area contributed by atoms with Crippen molar-refractivity contribution in [3.63, 3.8) is 0 Å². The average Bonchev–Trinajstić information content (AvgIpc) is 3.19. The van der Waals surface area contributed by atoms with E-state index in [1.807, 2.05) is 28.9 Å². The second-order valence-corrected chi connectivity index (χ2v) is 7.61. The number of hydrogen-bond acceptors (Lipinski definition) is 4.